The minimum Gasteiger partial charge on any atom is -0.299 e. The van der Waals surface area contributed by atoms with Crippen LogP contribution in [0, 0.1) is 34.0 Å². The van der Waals surface area contributed by atoms with E-state index in [0.717, 1.165) is 30.6 Å². The zero-order valence-corrected chi connectivity index (χ0v) is 14.9. The van der Waals surface area contributed by atoms with E-state index in [1.54, 1.807) is 0 Å². The molecule has 0 amide bonds. The van der Waals surface area contributed by atoms with Crippen molar-refractivity contribution >= 4 is 5.78 Å². The standard InChI is InChI=1S/C21H32O/c1-19(2)17-8-7-14-15-6-5-11-20(15,3)12-9-16(14)21(17,4)13-10-18(19)22/h8,14-16H,5-7,9-13H2,1-4H3/t14-,15-,16-,20-,21+/m1/s1. The maximum atomic E-state index is 12.5. The van der Waals surface area contributed by atoms with Crippen molar-refractivity contribution in [2.24, 2.45) is 34.0 Å². The predicted molar refractivity (Wildman–Crippen MR) is 90.5 cm³/mol. The molecule has 122 valence electrons. The summed E-state index contributed by atoms with van der Waals surface area (Å²) >= 11 is 0. The van der Waals surface area contributed by atoms with E-state index in [-0.39, 0.29) is 5.41 Å². The minimum absolute atomic E-state index is 0.214. The van der Waals surface area contributed by atoms with E-state index in [1.165, 1.54) is 44.1 Å². The lowest BCUT2D eigenvalue weighted by Gasteiger charge is -2.59. The Morgan fingerprint density at radius 1 is 1.00 bits per heavy atom. The van der Waals surface area contributed by atoms with Gasteiger partial charge in [-0.2, -0.15) is 0 Å². The predicted octanol–water partition coefficient (Wildman–Crippen LogP) is 5.54. The van der Waals surface area contributed by atoms with Crippen molar-refractivity contribution in [2.45, 2.75) is 79.1 Å². The number of carbonyl (C=O) groups excluding carboxylic acids is 1. The van der Waals surface area contributed by atoms with Crippen LogP contribution in [0.15, 0.2) is 11.6 Å². The summed E-state index contributed by atoms with van der Waals surface area (Å²) in [6.07, 6.45) is 12.8. The number of allylic oxidation sites excluding steroid dienone is 2. The average Bonchev–Trinajstić information content (AvgIpc) is 2.85. The summed E-state index contributed by atoms with van der Waals surface area (Å²) in [7, 11) is 0. The van der Waals surface area contributed by atoms with Crippen molar-refractivity contribution in [3.8, 4) is 0 Å². The number of rotatable bonds is 0. The molecule has 0 N–H and O–H groups in total. The number of hydrogen-bond acceptors (Lipinski definition) is 1. The Kier molecular flexibility index (Phi) is 3.05. The molecular formula is C21H32O. The van der Waals surface area contributed by atoms with E-state index < -0.39 is 0 Å². The first-order valence-corrected chi connectivity index (χ1v) is 9.53. The fourth-order valence-electron chi connectivity index (χ4n) is 7.21. The lowest BCUT2D eigenvalue weighted by atomic mass is 9.45. The molecule has 5 atom stereocenters. The Bertz CT molecular complexity index is 542. The Labute approximate surface area is 135 Å². The highest BCUT2D eigenvalue weighted by atomic mass is 16.1. The minimum atomic E-state index is -0.214. The highest BCUT2D eigenvalue weighted by Gasteiger charge is 2.58. The number of hydrogen-bond donors (Lipinski definition) is 0. The third-order valence-corrected chi connectivity index (χ3v) is 8.49. The van der Waals surface area contributed by atoms with Crippen LogP contribution in [0.3, 0.4) is 0 Å². The van der Waals surface area contributed by atoms with Crippen LogP contribution in [0.25, 0.3) is 0 Å². The molecule has 0 aromatic heterocycles. The molecule has 0 saturated heterocycles. The van der Waals surface area contributed by atoms with Crippen LogP contribution in [0.5, 0.6) is 0 Å². The Morgan fingerprint density at radius 2 is 1.77 bits per heavy atom. The van der Waals surface area contributed by atoms with Gasteiger partial charge in [0, 0.05) is 11.8 Å². The smallest absolute Gasteiger partial charge is 0.142 e. The van der Waals surface area contributed by atoms with Gasteiger partial charge in [0.2, 0.25) is 0 Å². The van der Waals surface area contributed by atoms with Gasteiger partial charge >= 0.3 is 0 Å². The van der Waals surface area contributed by atoms with E-state index >= 15 is 0 Å². The second-order valence-corrected chi connectivity index (χ2v) is 9.78. The molecule has 22 heavy (non-hydrogen) atoms. The summed E-state index contributed by atoms with van der Waals surface area (Å²) < 4.78 is 0. The van der Waals surface area contributed by atoms with Crippen molar-refractivity contribution in [1.82, 2.24) is 0 Å². The van der Waals surface area contributed by atoms with Crippen LogP contribution in [-0.4, -0.2) is 5.78 Å². The molecule has 0 unspecified atom stereocenters. The molecule has 4 aliphatic rings. The van der Waals surface area contributed by atoms with Crippen LogP contribution >= 0.6 is 0 Å². The lowest BCUT2D eigenvalue weighted by Crippen LogP contribution is -2.52. The highest BCUT2D eigenvalue weighted by Crippen LogP contribution is 2.66. The molecule has 3 saturated carbocycles. The molecule has 4 rings (SSSR count). The molecule has 0 aliphatic heterocycles. The van der Waals surface area contributed by atoms with Gasteiger partial charge in [0.05, 0.1) is 0 Å². The van der Waals surface area contributed by atoms with Gasteiger partial charge in [-0.05, 0) is 81.0 Å². The second kappa shape index (κ2) is 4.48. The molecule has 1 nitrogen and oxygen atoms in total. The van der Waals surface area contributed by atoms with Gasteiger partial charge in [0.1, 0.15) is 5.78 Å². The van der Waals surface area contributed by atoms with Crippen LogP contribution in [0.4, 0.5) is 0 Å². The molecule has 0 spiro atoms. The summed E-state index contributed by atoms with van der Waals surface area (Å²) in [5.41, 5.74) is 2.21. The molecule has 4 aliphatic carbocycles. The number of fused-ring (bicyclic) bond motifs is 5. The summed E-state index contributed by atoms with van der Waals surface area (Å²) in [4.78, 5) is 12.5. The fourth-order valence-corrected chi connectivity index (χ4v) is 7.21. The first-order chi connectivity index (χ1) is 10.3. The summed E-state index contributed by atoms with van der Waals surface area (Å²) in [5, 5.41) is 0. The average molecular weight is 300 g/mol. The first kappa shape index (κ1) is 15.0. The fraction of sp³-hybridized carbons (Fsp3) is 0.857. The Morgan fingerprint density at radius 3 is 2.55 bits per heavy atom. The maximum Gasteiger partial charge on any atom is 0.142 e. The highest BCUT2D eigenvalue weighted by molar-refractivity contribution is 5.89. The van der Waals surface area contributed by atoms with E-state index in [2.05, 4.69) is 33.8 Å². The van der Waals surface area contributed by atoms with Gasteiger partial charge in [-0.1, -0.05) is 31.9 Å². The van der Waals surface area contributed by atoms with Gasteiger partial charge in [-0.3, -0.25) is 4.79 Å². The van der Waals surface area contributed by atoms with Crippen LogP contribution in [0.1, 0.15) is 79.1 Å². The van der Waals surface area contributed by atoms with Gasteiger partial charge in [-0.25, -0.2) is 0 Å². The van der Waals surface area contributed by atoms with Crippen molar-refractivity contribution in [2.75, 3.05) is 0 Å². The SMILES string of the molecule is CC1(C)C(=O)CC[C@]2(C)C1=CC[C@@H]1[C@H]3CCC[C@]3(C)CC[C@H]12. The third-order valence-electron chi connectivity index (χ3n) is 8.49. The summed E-state index contributed by atoms with van der Waals surface area (Å²) in [6.45, 7) is 9.43. The second-order valence-electron chi connectivity index (χ2n) is 9.78. The van der Waals surface area contributed by atoms with Gasteiger partial charge in [0.25, 0.3) is 0 Å². The Hall–Kier alpha value is -0.590. The van der Waals surface area contributed by atoms with E-state index in [1.807, 2.05) is 0 Å². The quantitative estimate of drug-likeness (QED) is 0.536. The monoisotopic (exact) mass is 300 g/mol. The molecule has 1 heteroatoms. The van der Waals surface area contributed by atoms with Crippen LogP contribution in [-0.2, 0) is 4.79 Å². The molecule has 0 aromatic carbocycles. The Balaban J connectivity index is 1.75. The normalized spacial score (nSPS) is 49.9. The summed E-state index contributed by atoms with van der Waals surface area (Å²) in [6, 6.07) is 0. The van der Waals surface area contributed by atoms with E-state index in [4.69, 9.17) is 0 Å². The van der Waals surface area contributed by atoms with Crippen molar-refractivity contribution in [3.05, 3.63) is 11.6 Å². The number of Topliss-reactive ketones (excluding diaryl/α,β-unsaturated/α-hetero) is 1. The van der Waals surface area contributed by atoms with Crippen molar-refractivity contribution < 1.29 is 4.79 Å². The van der Waals surface area contributed by atoms with Crippen molar-refractivity contribution in [3.63, 3.8) is 0 Å². The number of carbonyl (C=O) groups is 1. The van der Waals surface area contributed by atoms with Gasteiger partial charge < -0.3 is 0 Å². The molecule has 0 bridgehead atoms. The van der Waals surface area contributed by atoms with Crippen LogP contribution < -0.4 is 0 Å². The molecule has 0 aromatic rings. The van der Waals surface area contributed by atoms with Crippen LogP contribution in [0.2, 0.25) is 0 Å². The molecule has 3 fully saturated rings. The van der Waals surface area contributed by atoms with Crippen molar-refractivity contribution in [1.29, 1.82) is 0 Å². The topological polar surface area (TPSA) is 17.1 Å². The zero-order chi connectivity index (χ0) is 15.8. The van der Waals surface area contributed by atoms with Gasteiger partial charge in [-0.15, -0.1) is 0 Å². The molecular weight excluding hydrogens is 268 g/mol. The largest absolute Gasteiger partial charge is 0.299 e. The summed E-state index contributed by atoms with van der Waals surface area (Å²) in [5.74, 6) is 3.13. The molecule has 0 radical (unpaired) electrons. The first-order valence-electron chi connectivity index (χ1n) is 9.53. The maximum absolute atomic E-state index is 12.5. The number of ketones is 1. The molecule has 0 heterocycles. The van der Waals surface area contributed by atoms with E-state index in [0.29, 0.717) is 16.6 Å². The third kappa shape index (κ3) is 1.74. The van der Waals surface area contributed by atoms with E-state index in [9.17, 15) is 4.79 Å². The lowest BCUT2D eigenvalue weighted by molar-refractivity contribution is -0.131. The van der Waals surface area contributed by atoms with Gasteiger partial charge in [0.15, 0.2) is 0 Å². The zero-order valence-electron chi connectivity index (χ0n) is 14.9.